The van der Waals surface area contributed by atoms with Crippen molar-refractivity contribution in [3.63, 3.8) is 0 Å². The number of fused-ring (bicyclic) bond motifs is 1. The largest absolute Gasteiger partial charge is 0.378 e. The average Bonchev–Trinajstić information content (AvgIpc) is 3.21. The minimum atomic E-state index is -0.211. The molecule has 0 bridgehead atoms. The van der Waals surface area contributed by atoms with E-state index < -0.39 is 0 Å². The fourth-order valence-electron chi connectivity index (χ4n) is 4.50. The standard InChI is InChI=1S/C24H26FN5O2/c1-17-23(24(31)29-11-13-32-14-12-29)26-27-30(17)22-4-2-3-19-16-28(10-9-21(19)22)15-18-5-7-20(25)8-6-18/h2-8H,9-16H2,1H3. The van der Waals surface area contributed by atoms with E-state index in [9.17, 15) is 9.18 Å². The summed E-state index contributed by atoms with van der Waals surface area (Å²) in [5.41, 5.74) is 5.72. The van der Waals surface area contributed by atoms with Crippen LogP contribution in [0, 0.1) is 12.7 Å². The Balaban J connectivity index is 1.37. The van der Waals surface area contributed by atoms with Gasteiger partial charge in [-0.3, -0.25) is 9.69 Å². The fraction of sp³-hybridized carbons (Fsp3) is 0.375. The third-order valence-electron chi connectivity index (χ3n) is 6.26. The van der Waals surface area contributed by atoms with Gasteiger partial charge >= 0.3 is 0 Å². The maximum atomic E-state index is 13.2. The van der Waals surface area contributed by atoms with E-state index in [0.29, 0.717) is 32.0 Å². The number of hydrogen-bond acceptors (Lipinski definition) is 5. The normalized spacial score (nSPS) is 16.8. The lowest BCUT2D eigenvalue weighted by molar-refractivity contribution is 0.0298. The van der Waals surface area contributed by atoms with Gasteiger partial charge in [-0.1, -0.05) is 29.5 Å². The lowest BCUT2D eigenvalue weighted by Gasteiger charge is -2.30. The van der Waals surface area contributed by atoms with Gasteiger partial charge in [0.25, 0.3) is 5.91 Å². The van der Waals surface area contributed by atoms with Crippen molar-refractivity contribution in [2.45, 2.75) is 26.4 Å². The highest BCUT2D eigenvalue weighted by Crippen LogP contribution is 2.27. The molecule has 1 amide bonds. The monoisotopic (exact) mass is 435 g/mol. The highest BCUT2D eigenvalue weighted by atomic mass is 19.1. The van der Waals surface area contributed by atoms with Crippen molar-refractivity contribution >= 4 is 5.91 Å². The first-order valence-electron chi connectivity index (χ1n) is 11.0. The molecule has 166 valence electrons. The van der Waals surface area contributed by atoms with Crippen molar-refractivity contribution in [1.29, 1.82) is 0 Å². The van der Waals surface area contributed by atoms with Gasteiger partial charge in [0.1, 0.15) is 5.82 Å². The Morgan fingerprint density at radius 1 is 1.09 bits per heavy atom. The van der Waals surface area contributed by atoms with Crippen LogP contribution in [0.25, 0.3) is 5.69 Å². The summed E-state index contributed by atoms with van der Waals surface area (Å²) >= 11 is 0. The first kappa shape index (κ1) is 20.8. The minimum absolute atomic E-state index is 0.0904. The number of aromatic nitrogens is 3. The highest BCUT2D eigenvalue weighted by Gasteiger charge is 2.26. The lowest BCUT2D eigenvalue weighted by Crippen LogP contribution is -2.41. The van der Waals surface area contributed by atoms with Crippen LogP contribution in [0.15, 0.2) is 42.5 Å². The number of ether oxygens (including phenoxy) is 1. The molecule has 0 unspecified atom stereocenters. The molecule has 2 aliphatic heterocycles. The zero-order chi connectivity index (χ0) is 22.1. The molecule has 2 aliphatic rings. The van der Waals surface area contributed by atoms with Crippen LogP contribution in [0.1, 0.15) is 32.9 Å². The number of hydrogen-bond donors (Lipinski definition) is 0. The van der Waals surface area contributed by atoms with Crippen LogP contribution in [0.2, 0.25) is 0 Å². The van der Waals surface area contributed by atoms with Crippen LogP contribution >= 0.6 is 0 Å². The summed E-state index contributed by atoms with van der Waals surface area (Å²) in [7, 11) is 0. The van der Waals surface area contributed by atoms with Crippen molar-refractivity contribution in [3.05, 3.63) is 76.4 Å². The predicted molar refractivity (Wildman–Crippen MR) is 117 cm³/mol. The number of benzene rings is 2. The summed E-state index contributed by atoms with van der Waals surface area (Å²) in [6.07, 6.45) is 0.874. The summed E-state index contributed by atoms with van der Waals surface area (Å²) in [5, 5.41) is 8.58. The number of nitrogens with zero attached hydrogens (tertiary/aromatic N) is 5. The van der Waals surface area contributed by atoms with E-state index in [1.165, 1.54) is 23.3 Å². The van der Waals surface area contributed by atoms with E-state index in [2.05, 4.69) is 21.3 Å². The number of amides is 1. The molecule has 0 aliphatic carbocycles. The Kier molecular flexibility index (Phi) is 5.71. The third-order valence-corrected chi connectivity index (χ3v) is 6.26. The summed E-state index contributed by atoms with van der Waals surface area (Å²) in [6, 6.07) is 12.9. The van der Waals surface area contributed by atoms with E-state index in [1.54, 1.807) is 9.58 Å². The zero-order valence-corrected chi connectivity index (χ0v) is 18.1. The Hall–Kier alpha value is -3.10. The van der Waals surface area contributed by atoms with E-state index in [0.717, 1.165) is 43.0 Å². The van der Waals surface area contributed by atoms with Gasteiger partial charge in [-0.2, -0.15) is 0 Å². The SMILES string of the molecule is Cc1c(C(=O)N2CCOCC2)nnn1-c1cccc2c1CCN(Cc1ccc(F)cc1)C2. The van der Waals surface area contributed by atoms with Crippen molar-refractivity contribution < 1.29 is 13.9 Å². The number of halogens is 1. The molecule has 0 saturated carbocycles. The smallest absolute Gasteiger partial charge is 0.276 e. The molecule has 3 aromatic rings. The molecule has 0 atom stereocenters. The average molecular weight is 436 g/mol. The van der Waals surface area contributed by atoms with Gasteiger partial charge in [0.2, 0.25) is 0 Å². The maximum absolute atomic E-state index is 13.2. The quantitative estimate of drug-likeness (QED) is 0.631. The first-order valence-corrected chi connectivity index (χ1v) is 11.0. The zero-order valence-electron chi connectivity index (χ0n) is 18.1. The molecule has 8 heteroatoms. The predicted octanol–water partition coefficient (Wildman–Crippen LogP) is 2.75. The summed E-state index contributed by atoms with van der Waals surface area (Å²) in [6.45, 7) is 6.66. The topological polar surface area (TPSA) is 63.5 Å². The Labute approximate surface area is 186 Å². The highest BCUT2D eigenvalue weighted by molar-refractivity contribution is 5.93. The van der Waals surface area contributed by atoms with Gasteiger partial charge in [-0.25, -0.2) is 9.07 Å². The maximum Gasteiger partial charge on any atom is 0.276 e. The van der Waals surface area contributed by atoms with E-state index >= 15 is 0 Å². The van der Waals surface area contributed by atoms with Gasteiger partial charge < -0.3 is 9.64 Å². The molecule has 2 aromatic carbocycles. The molecule has 1 saturated heterocycles. The first-order chi connectivity index (χ1) is 15.6. The van der Waals surface area contributed by atoms with Crippen LogP contribution in [-0.2, 0) is 24.2 Å². The van der Waals surface area contributed by atoms with Crippen LogP contribution in [-0.4, -0.2) is 63.5 Å². The van der Waals surface area contributed by atoms with Gasteiger partial charge in [0.15, 0.2) is 5.69 Å². The van der Waals surface area contributed by atoms with Crippen LogP contribution in [0.5, 0.6) is 0 Å². The molecule has 1 fully saturated rings. The second kappa shape index (κ2) is 8.80. The van der Waals surface area contributed by atoms with E-state index in [1.807, 2.05) is 31.2 Å². The molecule has 5 rings (SSSR count). The van der Waals surface area contributed by atoms with Crippen LogP contribution in [0.3, 0.4) is 0 Å². The van der Waals surface area contributed by atoms with Crippen LogP contribution < -0.4 is 0 Å². The minimum Gasteiger partial charge on any atom is -0.378 e. The van der Waals surface area contributed by atoms with Gasteiger partial charge in [-0.15, -0.1) is 5.10 Å². The molecule has 7 nitrogen and oxygen atoms in total. The Morgan fingerprint density at radius 2 is 1.88 bits per heavy atom. The molecule has 1 aromatic heterocycles. The summed E-state index contributed by atoms with van der Waals surface area (Å²) in [4.78, 5) is 17.1. The number of morpholine rings is 1. The third kappa shape index (κ3) is 4.03. The molecule has 32 heavy (non-hydrogen) atoms. The van der Waals surface area contributed by atoms with Gasteiger partial charge in [0.05, 0.1) is 24.6 Å². The number of carbonyl (C=O) groups is 1. The molecule has 0 spiro atoms. The molecule has 3 heterocycles. The molecular weight excluding hydrogens is 409 g/mol. The van der Waals surface area contributed by atoms with Gasteiger partial charge in [0, 0.05) is 32.7 Å². The van der Waals surface area contributed by atoms with Crippen molar-refractivity contribution in [2.75, 3.05) is 32.8 Å². The molecular formula is C24H26FN5O2. The molecule has 0 radical (unpaired) electrons. The number of carbonyl (C=O) groups excluding carboxylic acids is 1. The van der Waals surface area contributed by atoms with E-state index in [-0.39, 0.29) is 11.7 Å². The lowest BCUT2D eigenvalue weighted by atomic mass is 9.97. The Bertz CT molecular complexity index is 1120. The van der Waals surface area contributed by atoms with Crippen molar-refractivity contribution in [2.24, 2.45) is 0 Å². The second-order valence-electron chi connectivity index (χ2n) is 8.34. The van der Waals surface area contributed by atoms with Crippen molar-refractivity contribution in [1.82, 2.24) is 24.8 Å². The van der Waals surface area contributed by atoms with Crippen molar-refractivity contribution in [3.8, 4) is 5.69 Å². The molecule has 0 N–H and O–H groups in total. The number of rotatable bonds is 4. The summed E-state index contributed by atoms with van der Waals surface area (Å²) in [5.74, 6) is -0.302. The second-order valence-corrected chi connectivity index (χ2v) is 8.34. The van der Waals surface area contributed by atoms with Crippen LogP contribution in [0.4, 0.5) is 4.39 Å². The Morgan fingerprint density at radius 3 is 2.66 bits per heavy atom. The van der Waals surface area contributed by atoms with Gasteiger partial charge in [-0.05, 0) is 48.2 Å². The van der Waals surface area contributed by atoms with E-state index in [4.69, 9.17) is 4.74 Å². The fourth-order valence-corrected chi connectivity index (χ4v) is 4.50. The summed E-state index contributed by atoms with van der Waals surface area (Å²) < 4.78 is 20.3.